The van der Waals surface area contributed by atoms with Crippen LogP contribution < -0.4 is 10.1 Å². The van der Waals surface area contributed by atoms with Gasteiger partial charge in [0.1, 0.15) is 5.75 Å². The molecule has 1 aliphatic rings. The Balaban J connectivity index is 1.75. The monoisotopic (exact) mass is 289 g/mol. The molecule has 0 radical (unpaired) electrons. The maximum Gasteiger partial charge on any atom is 0.258 e. The molecule has 0 saturated heterocycles. The number of rotatable bonds is 5. The summed E-state index contributed by atoms with van der Waals surface area (Å²) >= 11 is 0. The van der Waals surface area contributed by atoms with Gasteiger partial charge in [0.05, 0.1) is 0 Å². The van der Waals surface area contributed by atoms with Crippen LogP contribution in [0.25, 0.3) is 0 Å². The predicted molar refractivity (Wildman–Crippen MR) is 85.7 cm³/mol. The second-order valence-electron chi connectivity index (χ2n) is 6.27. The molecule has 0 aromatic heterocycles. The zero-order valence-electron chi connectivity index (χ0n) is 13.2. The lowest BCUT2D eigenvalue weighted by molar-refractivity contribution is -0.123. The summed E-state index contributed by atoms with van der Waals surface area (Å²) < 4.78 is 5.56. The Morgan fingerprint density at radius 3 is 2.33 bits per heavy atom. The van der Waals surface area contributed by atoms with E-state index >= 15 is 0 Å². The lowest BCUT2D eigenvalue weighted by Gasteiger charge is -2.16. The number of hydrogen-bond donors (Lipinski definition) is 1. The smallest absolute Gasteiger partial charge is 0.258 e. The minimum absolute atomic E-state index is 0.00478. The fraction of sp³-hybridized carbons (Fsp3) is 0.611. The minimum Gasteiger partial charge on any atom is -0.484 e. The number of nitrogens with one attached hydrogen (secondary N) is 1. The van der Waals surface area contributed by atoms with Crippen molar-refractivity contribution in [3.05, 3.63) is 29.8 Å². The Morgan fingerprint density at radius 1 is 1.14 bits per heavy atom. The second-order valence-corrected chi connectivity index (χ2v) is 6.27. The molecule has 1 fully saturated rings. The van der Waals surface area contributed by atoms with Crippen LogP contribution in [0.3, 0.4) is 0 Å². The molecule has 0 spiro atoms. The third kappa shape index (κ3) is 5.41. The van der Waals surface area contributed by atoms with Crippen molar-refractivity contribution in [3.8, 4) is 5.75 Å². The summed E-state index contributed by atoms with van der Waals surface area (Å²) in [7, 11) is 0. The molecule has 0 unspecified atom stereocenters. The van der Waals surface area contributed by atoms with E-state index in [1.165, 1.54) is 31.2 Å². The van der Waals surface area contributed by atoms with E-state index in [2.05, 4.69) is 31.3 Å². The van der Waals surface area contributed by atoms with Gasteiger partial charge >= 0.3 is 0 Å². The number of carbonyl (C=O) groups is 1. The van der Waals surface area contributed by atoms with Crippen molar-refractivity contribution in [2.45, 2.75) is 64.3 Å². The molecule has 3 heteroatoms. The van der Waals surface area contributed by atoms with Crippen molar-refractivity contribution in [2.75, 3.05) is 6.61 Å². The number of benzene rings is 1. The van der Waals surface area contributed by atoms with Gasteiger partial charge in [-0.25, -0.2) is 0 Å². The first-order valence-corrected chi connectivity index (χ1v) is 8.17. The van der Waals surface area contributed by atoms with Gasteiger partial charge in [-0.1, -0.05) is 51.7 Å². The van der Waals surface area contributed by atoms with Crippen LogP contribution in [0.4, 0.5) is 0 Å². The first-order valence-electron chi connectivity index (χ1n) is 8.17. The highest BCUT2D eigenvalue weighted by atomic mass is 16.5. The van der Waals surface area contributed by atoms with Crippen LogP contribution in [0.1, 0.15) is 63.9 Å². The van der Waals surface area contributed by atoms with Crippen LogP contribution in [0.5, 0.6) is 5.75 Å². The Labute approximate surface area is 128 Å². The first kappa shape index (κ1) is 15.9. The van der Waals surface area contributed by atoms with E-state index in [0.29, 0.717) is 12.0 Å². The van der Waals surface area contributed by atoms with E-state index in [-0.39, 0.29) is 12.5 Å². The molecule has 116 valence electrons. The van der Waals surface area contributed by atoms with E-state index in [9.17, 15) is 4.79 Å². The zero-order valence-corrected chi connectivity index (χ0v) is 13.2. The summed E-state index contributed by atoms with van der Waals surface area (Å²) in [5.41, 5.74) is 1.28. The number of ether oxygens (including phenoxy) is 1. The van der Waals surface area contributed by atoms with E-state index in [1.54, 1.807) is 0 Å². The molecule has 2 rings (SSSR count). The van der Waals surface area contributed by atoms with Gasteiger partial charge in [-0.15, -0.1) is 0 Å². The van der Waals surface area contributed by atoms with Crippen LogP contribution in [-0.4, -0.2) is 18.6 Å². The van der Waals surface area contributed by atoms with Gasteiger partial charge in [-0.3, -0.25) is 4.79 Å². The van der Waals surface area contributed by atoms with Crippen molar-refractivity contribution >= 4 is 5.91 Å². The van der Waals surface area contributed by atoms with E-state index in [0.717, 1.165) is 18.6 Å². The predicted octanol–water partition coefficient (Wildman–Crippen LogP) is 4.03. The summed E-state index contributed by atoms with van der Waals surface area (Å²) in [5.74, 6) is 1.27. The average molecular weight is 289 g/mol. The van der Waals surface area contributed by atoms with Crippen LogP contribution in [0.2, 0.25) is 0 Å². The van der Waals surface area contributed by atoms with E-state index < -0.39 is 0 Å². The Morgan fingerprint density at radius 2 is 1.76 bits per heavy atom. The Hall–Kier alpha value is -1.51. The number of hydrogen-bond acceptors (Lipinski definition) is 2. The molecule has 1 saturated carbocycles. The van der Waals surface area contributed by atoms with Gasteiger partial charge in [0.25, 0.3) is 5.91 Å². The highest BCUT2D eigenvalue weighted by molar-refractivity contribution is 5.77. The standard InChI is InChI=1S/C18H27NO2/c1-14(2)15-9-11-17(12-10-15)21-13-18(20)19-16-7-5-3-4-6-8-16/h9-12,14,16H,3-8,13H2,1-2H3,(H,19,20). The number of carbonyl (C=O) groups excluding carboxylic acids is 1. The minimum atomic E-state index is -0.00478. The molecule has 21 heavy (non-hydrogen) atoms. The van der Waals surface area contributed by atoms with Gasteiger partial charge in [0.15, 0.2) is 6.61 Å². The fourth-order valence-corrected chi connectivity index (χ4v) is 2.79. The molecule has 0 aliphatic heterocycles. The Bertz CT molecular complexity index is 431. The highest BCUT2D eigenvalue weighted by Gasteiger charge is 2.14. The van der Waals surface area contributed by atoms with Crippen molar-refractivity contribution in [2.24, 2.45) is 0 Å². The quantitative estimate of drug-likeness (QED) is 0.831. The molecule has 1 N–H and O–H groups in total. The highest BCUT2D eigenvalue weighted by Crippen LogP contribution is 2.19. The molecule has 3 nitrogen and oxygen atoms in total. The summed E-state index contributed by atoms with van der Waals surface area (Å²) in [6.45, 7) is 4.43. The van der Waals surface area contributed by atoms with Gasteiger partial charge in [0, 0.05) is 6.04 Å². The zero-order chi connectivity index (χ0) is 15.1. The van der Waals surface area contributed by atoms with Crippen molar-refractivity contribution < 1.29 is 9.53 Å². The van der Waals surface area contributed by atoms with Crippen LogP contribution in [-0.2, 0) is 4.79 Å². The topological polar surface area (TPSA) is 38.3 Å². The normalized spacial score (nSPS) is 16.5. The molecule has 1 aromatic rings. The Kier molecular flexibility index (Phi) is 6.09. The lowest BCUT2D eigenvalue weighted by atomic mass is 10.0. The van der Waals surface area contributed by atoms with Crippen molar-refractivity contribution in [1.29, 1.82) is 0 Å². The molecule has 1 aromatic carbocycles. The molecular formula is C18H27NO2. The van der Waals surface area contributed by atoms with Crippen LogP contribution in [0.15, 0.2) is 24.3 Å². The molecule has 0 heterocycles. The lowest BCUT2D eigenvalue weighted by Crippen LogP contribution is -2.37. The third-order valence-electron chi connectivity index (χ3n) is 4.14. The van der Waals surface area contributed by atoms with Gasteiger partial charge in [-0.05, 0) is 36.5 Å². The second kappa shape index (κ2) is 8.06. The molecule has 0 atom stereocenters. The molecule has 0 bridgehead atoms. The van der Waals surface area contributed by atoms with Crippen LogP contribution >= 0.6 is 0 Å². The van der Waals surface area contributed by atoms with Gasteiger partial charge < -0.3 is 10.1 Å². The van der Waals surface area contributed by atoms with Gasteiger partial charge in [0.2, 0.25) is 0 Å². The van der Waals surface area contributed by atoms with Crippen molar-refractivity contribution in [1.82, 2.24) is 5.32 Å². The molecular weight excluding hydrogens is 262 g/mol. The van der Waals surface area contributed by atoms with Crippen molar-refractivity contribution in [3.63, 3.8) is 0 Å². The van der Waals surface area contributed by atoms with E-state index in [4.69, 9.17) is 4.74 Å². The summed E-state index contributed by atoms with van der Waals surface area (Å²) in [5, 5.41) is 3.09. The van der Waals surface area contributed by atoms with Crippen LogP contribution in [0, 0.1) is 0 Å². The molecule has 1 aliphatic carbocycles. The fourth-order valence-electron chi connectivity index (χ4n) is 2.79. The summed E-state index contributed by atoms with van der Waals surface area (Å²) in [6, 6.07) is 8.33. The first-order chi connectivity index (χ1) is 10.1. The van der Waals surface area contributed by atoms with Gasteiger partial charge in [-0.2, -0.15) is 0 Å². The SMILES string of the molecule is CC(C)c1ccc(OCC(=O)NC2CCCCCC2)cc1. The average Bonchev–Trinajstić information content (AvgIpc) is 2.74. The summed E-state index contributed by atoms with van der Waals surface area (Å²) in [4.78, 5) is 11.9. The largest absolute Gasteiger partial charge is 0.484 e. The van der Waals surface area contributed by atoms with E-state index in [1.807, 2.05) is 12.1 Å². The summed E-state index contributed by atoms with van der Waals surface area (Å²) in [6.07, 6.45) is 7.25. The third-order valence-corrected chi connectivity index (χ3v) is 4.14. The number of amides is 1. The maximum absolute atomic E-state index is 11.9. The molecule has 1 amide bonds. The maximum atomic E-state index is 11.9.